The van der Waals surface area contributed by atoms with Crippen LogP contribution in [0.15, 0.2) is 34.3 Å². The van der Waals surface area contributed by atoms with Crippen LogP contribution in [0.2, 0.25) is 0 Å². The summed E-state index contributed by atoms with van der Waals surface area (Å²) in [5.74, 6) is -0.209. The predicted molar refractivity (Wildman–Crippen MR) is 61.8 cm³/mol. The number of allylic oxidation sites excluding steroid dienone is 3. The van der Waals surface area contributed by atoms with E-state index in [9.17, 15) is 18.4 Å². The molecular weight excluding hydrogens is 260 g/mol. The molecule has 0 radical (unpaired) electrons. The van der Waals surface area contributed by atoms with Gasteiger partial charge in [0.25, 0.3) is 6.43 Å². The minimum atomic E-state index is -2.94. The maximum atomic E-state index is 13.0. The summed E-state index contributed by atoms with van der Waals surface area (Å²) in [5, 5.41) is 4.67. The van der Waals surface area contributed by atoms with Crippen molar-refractivity contribution in [2.24, 2.45) is 0 Å². The number of halogens is 2. The first-order valence-corrected chi connectivity index (χ1v) is 5.11. The van der Waals surface area contributed by atoms with Crippen molar-refractivity contribution < 1.29 is 22.8 Å². The number of oxazole rings is 1. The van der Waals surface area contributed by atoms with Crippen molar-refractivity contribution in [3.8, 4) is 0 Å². The fourth-order valence-electron chi connectivity index (χ4n) is 1.26. The Balaban J connectivity index is 3.31. The maximum Gasteiger partial charge on any atom is 0.264 e. The van der Waals surface area contributed by atoms with E-state index in [1.165, 1.54) is 13.2 Å². The smallest absolute Gasteiger partial charge is 0.264 e. The summed E-state index contributed by atoms with van der Waals surface area (Å²) in [6.45, 7) is 0. The highest BCUT2D eigenvalue weighted by Gasteiger charge is 2.19. The predicted octanol–water partition coefficient (Wildman–Crippen LogP) is 0.699. The normalized spacial score (nSPS) is 12.9. The molecule has 0 aliphatic carbocycles. The first kappa shape index (κ1) is 14.6. The molecule has 2 N–H and O–H groups in total. The van der Waals surface area contributed by atoms with Gasteiger partial charge in [0, 0.05) is 12.6 Å². The van der Waals surface area contributed by atoms with Crippen molar-refractivity contribution in [2.45, 2.75) is 6.43 Å². The van der Waals surface area contributed by atoms with E-state index in [2.05, 4.69) is 15.6 Å². The lowest BCUT2D eigenvalue weighted by atomic mass is 10.1. The van der Waals surface area contributed by atoms with E-state index >= 15 is 0 Å². The summed E-state index contributed by atoms with van der Waals surface area (Å²) in [4.78, 5) is 24.9. The number of aldehydes is 1. The maximum absolute atomic E-state index is 13.0. The zero-order valence-corrected chi connectivity index (χ0v) is 9.89. The van der Waals surface area contributed by atoms with Crippen LogP contribution in [-0.2, 0) is 9.59 Å². The highest BCUT2D eigenvalue weighted by atomic mass is 19.3. The van der Waals surface area contributed by atoms with Crippen LogP contribution in [0.3, 0.4) is 0 Å². The van der Waals surface area contributed by atoms with Crippen molar-refractivity contribution in [1.29, 1.82) is 0 Å². The van der Waals surface area contributed by atoms with Crippen molar-refractivity contribution in [1.82, 2.24) is 15.6 Å². The summed E-state index contributed by atoms with van der Waals surface area (Å²) in [7, 11) is 1.43. The highest BCUT2D eigenvalue weighted by molar-refractivity contribution is 6.07. The third-order valence-electron chi connectivity index (χ3n) is 2.11. The van der Waals surface area contributed by atoms with Gasteiger partial charge in [-0.1, -0.05) is 0 Å². The van der Waals surface area contributed by atoms with Gasteiger partial charge in [-0.3, -0.25) is 9.59 Å². The van der Waals surface area contributed by atoms with Gasteiger partial charge in [0.1, 0.15) is 12.1 Å². The van der Waals surface area contributed by atoms with E-state index in [-0.39, 0.29) is 23.6 Å². The second-order valence-corrected chi connectivity index (χ2v) is 3.20. The molecule has 0 atom stereocenters. The molecule has 0 spiro atoms. The average molecular weight is 271 g/mol. The van der Waals surface area contributed by atoms with Crippen molar-refractivity contribution in [3.05, 3.63) is 35.8 Å². The molecule has 0 saturated carbocycles. The average Bonchev–Trinajstić information content (AvgIpc) is 2.91. The van der Waals surface area contributed by atoms with Crippen molar-refractivity contribution in [2.75, 3.05) is 7.05 Å². The van der Waals surface area contributed by atoms with Gasteiger partial charge in [-0.15, -0.1) is 0 Å². The lowest BCUT2D eigenvalue weighted by molar-refractivity contribution is -0.109. The second-order valence-electron chi connectivity index (χ2n) is 3.20. The highest BCUT2D eigenvalue weighted by Crippen LogP contribution is 2.22. The molecule has 8 heteroatoms. The van der Waals surface area contributed by atoms with Gasteiger partial charge in [-0.05, 0) is 6.08 Å². The molecule has 0 bridgehead atoms. The zero-order chi connectivity index (χ0) is 14.3. The lowest BCUT2D eigenvalue weighted by Gasteiger charge is -2.08. The second kappa shape index (κ2) is 7.04. The van der Waals surface area contributed by atoms with E-state index in [1.54, 1.807) is 0 Å². The Bertz CT molecular complexity index is 495. The quantitative estimate of drug-likeness (QED) is 0.433. The number of aromatic nitrogens is 1. The third-order valence-corrected chi connectivity index (χ3v) is 2.11. The number of carbonyl (C=O) groups is 2. The molecular formula is C11H11F2N3O3. The van der Waals surface area contributed by atoms with Crippen LogP contribution in [0.25, 0.3) is 5.57 Å². The van der Waals surface area contributed by atoms with Gasteiger partial charge in [-0.25, -0.2) is 13.8 Å². The molecule has 1 heterocycles. The number of nitrogens with one attached hydrogen (secondary N) is 2. The largest absolute Gasteiger partial charge is 0.444 e. The van der Waals surface area contributed by atoms with Crippen LogP contribution >= 0.6 is 0 Å². The fourth-order valence-corrected chi connectivity index (χ4v) is 1.26. The molecule has 6 nitrogen and oxygen atoms in total. The molecule has 1 aromatic rings. The number of nitrogens with zero attached hydrogens (tertiary/aromatic N) is 1. The molecule has 19 heavy (non-hydrogen) atoms. The van der Waals surface area contributed by atoms with Gasteiger partial charge in [0.05, 0.1) is 11.8 Å². The van der Waals surface area contributed by atoms with E-state index in [1.807, 2.05) is 0 Å². The van der Waals surface area contributed by atoms with E-state index in [4.69, 9.17) is 4.42 Å². The molecule has 0 aliphatic rings. The van der Waals surface area contributed by atoms with Crippen LogP contribution in [0, 0.1) is 0 Å². The molecule has 1 amide bonds. The first-order chi connectivity index (χ1) is 9.13. The number of amides is 1. The molecule has 0 aromatic carbocycles. The Labute approximate surface area is 107 Å². The lowest BCUT2D eigenvalue weighted by Crippen LogP contribution is -2.22. The zero-order valence-electron chi connectivity index (χ0n) is 9.89. The summed E-state index contributed by atoms with van der Waals surface area (Å²) in [6.07, 6.45) is 0.925. The molecule has 0 fully saturated rings. The van der Waals surface area contributed by atoms with E-state index in [0.717, 1.165) is 12.3 Å². The Kier molecular flexibility index (Phi) is 5.39. The van der Waals surface area contributed by atoms with Crippen molar-refractivity contribution >= 4 is 18.3 Å². The van der Waals surface area contributed by atoms with Gasteiger partial charge in [0.2, 0.25) is 12.3 Å². The molecule has 0 saturated heterocycles. The van der Waals surface area contributed by atoms with Crippen LogP contribution in [0.4, 0.5) is 8.78 Å². The Morgan fingerprint density at radius 2 is 2.21 bits per heavy atom. The molecule has 1 aromatic heterocycles. The van der Waals surface area contributed by atoms with Gasteiger partial charge in [0.15, 0.2) is 6.29 Å². The number of hydrogen-bond acceptors (Lipinski definition) is 5. The minimum absolute atomic E-state index is 0.0104. The Hall–Kier alpha value is -2.51. The summed E-state index contributed by atoms with van der Waals surface area (Å²) in [6, 6.07) is 0. The van der Waals surface area contributed by atoms with Crippen LogP contribution in [0.1, 0.15) is 5.89 Å². The Morgan fingerprint density at radius 3 is 2.63 bits per heavy atom. The van der Waals surface area contributed by atoms with Crippen molar-refractivity contribution in [3.63, 3.8) is 0 Å². The number of rotatable bonds is 7. The van der Waals surface area contributed by atoms with Gasteiger partial charge < -0.3 is 15.1 Å². The third kappa shape index (κ3) is 3.73. The van der Waals surface area contributed by atoms with Gasteiger partial charge in [-0.2, -0.15) is 0 Å². The standard InChI is InChI=1S/C11H11F2N3O3/c1-14-9(16-6-18)4-7(10(12)13)8(5-17)11-15-2-3-19-11/h2-6,10,14H,1H3,(H,16,18)/b8-7-,9-4+. The molecule has 0 aliphatic heterocycles. The van der Waals surface area contributed by atoms with Crippen LogP contribution in [0.5, 0.6) is 0 Å². The number of hydrogen-bond donors (Lipinski definition) is 2. The van der Waals surface area contributed by atoms with E-state index in [0.29, 0.717) is 6.41 Å². The molecule has 0 unspecified atom stereocenters. The summed E-state index contributed by atoms with van der Waals surface area (Å²) < 4.78 is 30.8. The van der Waals surface area contributed by atoms with Gasteiger partial charge >= 0.3 is 0 Å². The SMILES string of the molecule is CN/C(=C\C(=C(/C=O)c1ncco1)C(F)F)NC=O. The topological polar surface area (TPSA) is 84.2 Å². The molecule has 1 rings (SSSR count). The number of alkyl halides is 2. The first-order valence-electron chi connectivity index (χ1n) is 5.11. The fraction of sp³-hybridized carbons (Fsp3) is 0.182. The minimum Gasteiger partial charge on any atom is -0.444 e. The monoisotopic (exact) mass is 271 g/mol. The van der Waals surface area contributed by atoms with E-state index < -0.39 is 12.0 Å². The molecule has 102 valence electrons. The number of carbonyl (C=O) groups excluding carboxylic acids is 2. The Morgan fingerprint density at radius 1 is 1.47 bits per heavy atom. The van der Waals surface area contributed by atoms with Crippen LogP contribution in [-0.4, -0.2) is 31.2 Å². The summed E-state index contributed by atoms with van der Waals surface area (Å²) in [5.41, 5.74) is -1.00. The summed E-state index contributed by atoms with van der Waals surface area (Å²) >= 11 is 0. The van der Waals surface area contributed by atoms with Crippen LogP contribution < -0.4 is 10.6 Å².